The number of rotatable bonds is 15. The van der Waals surface area contributed by atoms with Gasteiger partial charge in [-0.25, -0.2) is 8.37 Å². The lowest BCUT2D eigenvalue weighted by atomic mass is 9.43. The number of aliphatic hydroxyl groups is 1. The van der Waals surface area contributed by atoms with Crippen molar-refractivity contribution in [3.8, 4) is 5.75 Å². The summed E-state index contributed by atoms with van der Waals surface area (Å²) < 4.78 is 104. The second-order valence-corrected chi connectivity index (χ2v) is 22.1. The van der Waals surface area contributed by atoms with Gasteiger partial charge in [0.05, 0.1) is 25.3 Å². The molecule has 342 valence electrons. The molecule has 4 saturated carbocycles. The highest BCUT2D eigenvalue weighted by atomic mass is 127. The number of esters is 2. The molecular weight excluding hydrogens is 1070 g/mol. The van der Waals surface area contributed by atoms with Gasteiger partial charge in [0, 0.05) is 18.3 Å². The summed E-state index contributed by atoms with van der Waals surface area (Å²) >= 11 is 3.87. The molecule has 18 nitrogen and oxygen atoms in total. The zero-order valence-electron chi connectivity index (χ0n) is 33.7. The number of phenols is 1. The summed E-state index contributed by atoms with van der Waals surface area (Å²) in [5.74, 6) is -4.32. The third-order valence-electron chi connectivity index (χ3n) is 13.4. The number of phenolic OH excluding ortho intramolecular Hbond substituents is 1. The Morgan fingerprint density at radius 1 is 0.967 bits per heavy atom. The van der Waals surface area contributed by atoms with E-state index in [1.165, 1.54) is 0 Å². The van der Waals surface area contributed by atoms with Crippen molar-refractivity contribution in [2.45, 2.75) is 128 Å². The van der Waals surface area contributed by atoms with Crippen molar-refractivity contribution in [2.24, 2.45) is 40.4 Å². The highest BCUT2D eigenvalue weighted by Gasteiger charge is 2.67. The van der Waals surface area contributed by atoms with Crippen LogP contribution in [0.2, 0.25) is 0 Å². The second-order valence-electron chi connectivity index (χ2n) is 17.7. The number of carbonyl (C=O) groups excluding carboxylic acids is 2. The number of carboxylic acid groups (broad SMARTS) is 1. The van der Waals surface area contributed by atoms with Gasteiger partial charge < -0.3 is 34.3 Å². The van der Waals surface area contributed by atoms with Crippen LogP contribution in [0.15, 0.2) is 24.3 Å². The molecule has 1 saturated heterocycles. The third-order valence-corrected chi connectivity index (χ3v) is 16.0. The topological polar surface area (TPSA) is 276 Å². The molecule has 1 aromatic rings. The number of ether oxygens (including phenoxy) is 4. The SMILES string of the molecule is C=C1[C@@H]2CC[C@H]3[C@]4(C)C[C@H](O[C@@H]5O[C@H](COC(=O)CCc6cc(I)c(O)c(I)c6)[C@@H](OS(=O)(=O)O)[C@H](OS(=O)(=O)O)[C@H]5OC(=O)CC(C)C)C[C@@H](C(=O)O)[C@H]4CC[C@]3(C2)[C@@H]1O. The summed E-state index contributed by atoms with van der Waals surface area (Å²) in [6.45, 7) is 8.70. The largest absolute Gasteiger partial charge is 0.506 e. The van der Waals surface area contributed by atoms with Crippen molar-refractivity contribution in [1.29, 1.82) is 0 Å². The quantitative estimate of drug-likeness (QED) is 0.0520. The maximum absolute atomic E-state index is 13.3. The Labute approximate surface area is 382 Å². The predicted molar refractivity (Wildman–Crippen MR) is 228 cm³/mol. The Bertz CT molecular complexity index is 2080. The minimum absolute atomic E-state index is 0.0662. The minimum atomic E-state index is -5.53. The number of aliphatic hydroxyl groups excluding tert-OH is 1. The van der Waals surface area contributed by atoms with E-state index in [1.807, 2.05) is 52.1 Å². The van der Waals surface area contributed by atoms with E-state index in [0.29, 0.717) is 32.0 Å². The molecule has 22 heteroatoms. The first-order chi connectivity index (χ1) is 28.3. The molecule has 0 radical (unpaired) electrons. The van der Waals surface area contributed by atoms with Crippen LogP contribution in [-0.2, 0) is 68.9 Å². The van der Waals surface area contributed by atoms with Crippen LogP contribution in [0.3, 0.4) is 0 Å². The summed E-state index contributed by atoms with van der Waals surface area (Å²) in [5, 5.41) is 32.3. The zero-order chi connectivity index (χ0) is 45.0. The van der Waals surface area contributed by atoms with Crippen LogP contribution in [-0.4, -0.2) is 109 Å². The molecule has 5 aliphatic rings. The van der Waals surface area contributed by atoms with Crippen LogP contribution < -0.4 is 0 Å². The van der Waals surface area contributed by atoms with Crippen molar-refractivity contribution in [1.82, 2.24) is 0 Å². The van der Waals surface area contributed by atoms with E-state index in [9.17, 15) is 55.6 Å². The number of halogens is 2. The Kier molecular flexibility index (Phi) is 14.9. The Balaban J connectivity index is 1.33. The number of carbonyl (C=O) groups is 3. The monoisotopic (exact) mass is 1130 g/mol. The molecule has 4 aliphatic carbocycles. The fourth-order valence-corrected chi connectivity index (χ4v) is 14.0. The molecule has 5 fully saturated rings. The lowest BCUT2D eigenvalue weighted by Crippen LogP contribution is -2.64. The third kappa shape index (κ3) is 10.7. The van der Waals surface area contributed by atoms with Gasteiger partial charge in [-0.3, -0.25) is 23.5 Å². The number of aromatic hydroxyl groups is 1. The molecule has 1 aliphatic heterocycles. The Morgan fingerprint density at radius 2 is 1.61 bits per heavy atom. The van der Waals surface area contributed by atoms with E-state index in [1.54, 1.807) is 26.0 Å². The molecule has 0 amide bonds. The Hall–Kier alpha value is -1.75. The van der Waals surface area contributed by atoms with Gasteiger partial charge in [0.15, 0.2) is 18.5 Å². The normalized spacial score (nSPS) is 36.2. The molecular formula is C39H52I2O18S2. The van der Waals surface area contributed by atoms with Gasteiger partial charge in [0.2, 0.25) is 0 Å². The van der Waals surface area contributed by atoms with Gasteiger partial charge in [0.1, 0.15) is 24.6 Å². The average Bonchev–Trinajstić information content (AvgIpc) is 3.31. The lowest BCUT2D eigenvalue weighted by Gasteiger charge is -2.62. The molecule has 1 spiro atoms. The smallest absolute Gasteiger partial charge is 0.397 e. The molecule has 61 heavy (non-hydrogen) atoms. The van der Waals surface area contributed by atoms with Gasteiger partial charge in [-0.1, -0.05) is 27.4 Å². The van der Waals surface area contributed by atoms with Crippen molar-refractivity contribution in [3.63, 3.8) is 0 Å². The van der Waals surface area contributed by atoms with Gasteiger partial charge in [0.25, 0.3) is 0 Å². The number of fused-ring (bicyclic) bond motifs is 3. The van der Waals surface area contributed by atoms with E-state index < -0.39 is 105 Å². The fourth-order valence-electron chi connectivity index (χ4n) is 11.1. The van der Waals surface area contributed by atoms with Crippen molar-refractivity contribution < 1.29 is 83.0 Å². The van der Waals surface area contributed by atoms with E-state index in [2.05, 4.69) is 6.58 Å². The first kappa shape index (κ1) is 48.7. The summed E-state index contributed by atoms with van der Waals surface area (Å²) in [7, 11) is -11.0. The van der Waals surface area contributed by atoms with Crippen molar-refractivity contribution in [3.05, 3.63) is 37.0 Å². The van der Waals surface area contributed by atoms with Gasteiger partial charge in [-0.05, 0) is 149 Å². The van der Waals surface area contributed by atoms with Gasteiger partial charge in [-0.2, -0.15) is 16.8 Å². The standard InChI is InChI=1S/C39H52I2O18S2/c1-18(2)11-30(43)57-34-33(59-61(51,52)53)32(58-60(48,49)50)27(17-54-29(42)8-5-20-12-25(40)31(44)26(41)13-20)56-37(34)55-22-14-23(36(46)47)24-9-10-39-15-21(19(3)35(39)45)6-7-28(39)38(24,4)16-22/h12-13,18,21-24,27-28,32-35,37,44-45H,3,5-11,14-17H2,1-2,4H3,(H,46,47)(H,48,49,50)(H,51,52,53)/t21-,22-,23-,24-,27-,28+,32-,33+,34-,35-,37-,38-,39-/m1/s1. The summed E-state index contributed by atoms with van der Waals surface area (Å²) in [5.41, 5.74) is 0.226. The summed E-state index contributed by atoms with van der Waals surface area (Å²) in [6, 6.07) is 3.33. The minimum Gasteiger partial charge on any atom is -0.506 e. The Morgan fingerprint density at radius 3 is 2.21 bits per heavy atom. The van der Waals surface area contributed by atoms with Crippen LogP contribution in [0.5, 0.6) is 5.75 Å². The van der Waals surface area contributed by atoms with Crippen LogP contribution >= 0.6 is 45.2 Å². The predicted octanol–water partition coefficient (Wildman–Crippen LogP) is 4.77. The molecule has 0 aromatic heterocycles. The number of aryl methyl sites for hydroxylation is 1. The van der Waals surface area contributed by atoms with E-state index in [-0.39, 0.29) is 61.5 Å². The molecule has 6 rings (SSSR count). The van der Waals surface area contributed by atoms with Crippen LogP contribution in [0.25, 0.3) is 0 Å². The van der Waals surface area contributed by atoms with Crippen LogP contribution in [0.4, 0.5) is 0 Å². The first-order valence-electron chi connectivity index (χ1n) is 20.1. The number of aliphatic carboxylic acids is 1. The molecule has 2 bridgehead atoms. The summed E-state index contributed by atoms with van der Waals surface area (Å²) in [6.07, 6.45) is -8.88. The van der Waals surface area contributed by atoms with Gasteiger partial charge >= 0.3 is 38.7 Å². The van der Waals surface area contributed by atoms with Gasteiger partial charge in [-0.15, -0.1) is 0 Å². The average molecular weight is 1130 g/mol. The fraction of sp³-hybridized carbons (Fsp3) is 0.718. The van der Waals surface area contributed by atoms with E-state index in [0.717, 1.165) is 18.4 Å². The number of hydrogen-bond donors (Lipinski definition) is 5. The van der Waals surface area contributed by atoms with E-state index >= 15 is 0 Å². The van der Waals surface area contributed by atoms with Crippen molar-refractivity contribution >= 4 is 83.9 Å². The lowest BCUT2D eigenvalue weighted by molar-refractivity contribution is -0.316. The first-order valence-corrected chi connectivity index (χ1v) is 24.9. The molecule has 13 atom stereocenters. The summed E-state index contributed by atoms with van der Waals surface area (Å²) in [4.78, 5) is 39.4. The van der Waals surface area contributed by atoms with E-state index in [4.69, 9.17) is 27.3 Å². The maximum atomic E-state index is 13.3. The molecule has 5 N–H and O–H groups in total. The molecule has 1 aromatic carbocycles. The number of benzene rings is 1. The highest BCUT2D eigenvalue weighted by Crippen LogP contribution is 2.70. The zero-order valence-corrected chi connectivity index (χ0v) is 39.6. The van der Waals surface area contributed by atoms with Crippen LogP contribution in [0, 0.1) is 47.6 Å². The second kappa shape index (κ2) is 18.6. The molecule has 1 heterocycles. The number of hydrogen-bond acceptors (Lipinski definition) is 15. The highest BCUT2D eigenvalue weighted by molar-refractivity contribution is 14.1. The molecule has 0 unspecified atom stereocenters. The number of carboxylic acids is 1. The van der Waals surface area contributed by atoms with Crippen molar-refractivity contribution in [2.75, 3.05) is 6.61 Å². The van der Waals surface area contributed by atoms with Crippen LogP contribution in [0.1, 0.15) is 84.1 Å². The maximum Gasteiger partial charge on any atom is 0.397 e.